The largest absolute Gasteiger partial charge is 0.243 e. The van der Waals surface area contributed by atoms with E-state index in [9.17, 15) is 13.7 Å². The van der Waals surface area contributed by atoms with Gasteiger partial charge < -0.3 is 0 Å². The molecule has 0 radical (unpaired) electrons. The maximum atomic E-state index is 12.9. The molecular weight excluding hydrogens is 380 g/mol. The predicted molar refractivity (Wildman–Crippen MR) is 105 cm³/mol. The van der Waals surface area contributed by atoms with Crippen LogP contribution in [0.2, 0.25) is 5.02 Å². The highest BCUT2D eigenvalue weighted by atomic mass is 35.5. The lowest BCUT2D eigenvalue weighted by atomic mass is 9.81. The Morgan fingerprint density at radius 2 is 1.85 bits per heavy atom. The van der Waals surface area contributed by atoms with Gasteiger partial charge in [-0.1, -0.05) is 54.1 Å². The van der Waals surface area contributed by atoms with Crippen LogP contribution < -0.4 is 0 Å². The molecule has 0 bridgehead atoms. The van der Waals surface area contributed by atoms with Crippen LogP contribution in [0, 0.1) is 17.2 Å². The van der Waals surface area contributed by atoms with Gasteiger partial charge in [0, 0.05) is 35.5 Å². The molecule has 0 aromatic heterocycles. The Morgan fingerprint density at radius 1 is 1.07 bits per heavy atom. The third kappa shape index (κ3) is 3.32. The van der Waals surface area contributed by atoms with Crippen molar-refractivity contribution in [1.29, 1.82) is 5.26 Å². The average molecular weight is 397 g/mol. The Hall–Kier alpha value is -2.39. The Bertz CT molecular complexity index is 1080. The van der Waals surface area contributed by atoms with E-state index < -0.39 is 10.0 Å². The summed E-state index contributed by atoms with van der Waals surface area (Å²) in [4.78, 5) is 0.292. The van der Waals surface area contributed by atoms with Crippen molar-refractivity contribution in [2.75, 3.05) is 13.1 Å². The van der Waals surface area contributed by atoms with Gasteiger partial charge in [-0.3, -0.25) is 0 Å². The van der Waals surface area contributed by atoms with E-state index in [0.29, 0.717) is 28.6 Å². The molecule has 4 nitrogen and oxygen atoms in total. The van der Waals surface area contributed by atoms with Crippen LogP contribution in [-0.4, -0.2) is 25.8 Å². The van der Waals surface area contributed by atoms with Crippen molar-refractivity contribution in [2.45, 2.75) is 10.8 Å². The van der Waals surface area contributed by atoms with E-state index in [4.69, 9.17) is 11.6 Å². The van der Waals surface area contributed by atoms with Gasteiger partial charge in [-0.25, -0.2) is 8.42 Å². The number of nitriles is 1. The summed E-state index contributed by atoms with van der Waals surface area (Å²) in [5.74, 6) is -0.257. The number of nitrogens with zero attached hydrogens (tertiary/aromatic N) is 2. The zero-order valence-electron chi connectivity index (χ0n) is 14.4. The molecule has 4 rings (SSSR count). The summed E-state index contributed by atoms with van der Waals surface area (Å²) in [6, 6.07) is 18.2. The molecule has 1 aliphatic heterocycles. The third-order valence-corrected chi connectivity index (χ3v) is 7.11. The van der Waals surface area contributed by atoms with E-state index in [0.717, 1.165) is 11.1 Å². The summed E-state index contributed by atoms with van der Waals surface area (Å²) < 4.78 is 27.3. The number of sulfonamides is 1. The van der Waals surface area contributed by atoms with E-state index in [2.05, 4.69) is 6.07 Å². The van der Waals surface area contributed by atoms with Crippen LogP contribution in [0.25, 0.3) is 0 Å². The fourth-order valence-electron chi connectivity index (χ4n) is 3.69. The Labute approximate surface area is 164 Å². The van der Waals surface area contributed by atoms with E-state index in [1.54, 1.807) is 36.4 Å². The van der Waals surface area contributed by atoms with Gasteiger partial charge in [-0.05, 0) is 35.4 Å². The maximum absolute atomic E-state index is 12.9. The number of fused-ring (bicyclic) bond motifs is 1. The third-order valence-electron chi connectivity index (χ3n) is 5.05. The summed E-state index contributed by atoms with van der Waals surface area (Å²) in [6.07, 6.45) is 3.93. The minimum Gasteiger partial charge on any atom is -0.207 e. The van der Waals surface area contributed by atoms with Crippen LogP contribution in [0.3, 0.4) is 0 Å². The van der Waals surface area contributed by atoms with Gasteiger partial charge in [-0.2, -0.15) is 9.57 Å². The molecule has 0 unspecified atom stereocenters. The minimum atomic E-state index is -3.55. The van der Waals surface area contributed by atoms with E-state index in [1.807, 2.05) is 30.4 Å². The van der Waals surface area contributed by atoms with Crippen molar-refractivity contribution >= 4 is 21.6 Å². The van der Waals surface area contributed by atoms with Gasteiger partial charge in [0.15, 0.2) is 0 Å². The monoisotopic (exact) mass is 396 g/mol. The molecule has 1 saturated heterocycles. The molecule has 1 aliphatic carbocycles. The number of hydrogen-bond donors (Lipinski definition) is 0. The molecule has 0 saturated carbocycles. The summed E-state index contributed by atoms with van der Waals surface area (Å²) in [6.45, 7) is 0.699. The fraction of sp³-hybridized carbons (Fsp3) is 0.190. The highest BCUT2D eigenvalue weighted by molar-refractivity contribution is 7.89. The summed E-state index contributed by atoms with van der Waals surface area (Å²) >= 11 is 6.11. The molecule has 1 heterocycles. The molecule has 0 amide bonds. The second-order valence-electron chi connectivity index (χ2n) is 6.73. The number of allylic oxidation sites excluding steroid dienone is 2. The van der Waals surface area contributed by atoms with E-state index in [-0.39, 0.29) is 11.8 Å². The molecule has 2 aromatic carbocycles. The quantitative estimate of drug-likeness (QED) is 0.732. The SMILES string of the molecule is N#CC1=C[C@@H]2CN(S(=O)(=O)c3ccccc3)CC2=C[C@@H]1c1cccc(Cl)c1. The topological polar surface area (TPSA) is 61.2 Å². The predicted octanol–water partition coefficient (Wildman–Crippen LogP) is 4.13. The molecule has 136 valence electrons. The van der Waals surface area contributed by atoms with Crippen LogP contribution >= 0.6 is 11.6 Å². The molecule has 6 heteroatoms. The first-order chi connectivity index (χ1) is 13.0. The van der Waals surface area contributed by atoms with Crippen molar-refractivity contribution in [2.24, 2.45) is 5.92 Å². The van der Waals surface area contributed by atoms with Crippen LogP contribution in [-0.2, 0) is 10.0 Å². The Morgan fingerprint density at radius 3 is 2.56 bits per heavy atom. The summed E-state index contributed by atoms with van der Waals surface area (Å²) in [5, 5.41) is 10.2. The van der Waals surface area contributed by atoms with Crippen molar-refractivity contribution in [3.8, 4) is 6.07 Å². The zero-order valence-corrected chi connectivity index (χ0v) is 16.0. The lowest BCUT2D eigenvalue weighted by Gasteiger charge is -2.21. The van der Waals surface area contributed by atoms with Gasteiger partial charge in [0.2, 0.25) is 10.0 Å². The highest BCUT2D eigenvalue weighted by Crippen LogP contribution is 2.39. The molecule has 1 fully saturated rings. The molecule has 27 heavy (non-hydrogen) atoms. The number of halogens is 1. The molecule has 0 spiro atoms. The van der Waals surface area contributed by atoms with E-state index in [1.165, 1.54) is 4.31 Å². The van der Waals surface area contributed by atoms with E-state index >= 15 is 0 Å². The van der Waals surface area contributed by atoms with Gasteiger partial charge in [0.05, 0.1) is 11.0 Å². The minimum absolute atomic E-state index is 0.0615. The summed E-state index contributed by atoms with van der Waals surface area (Å²) in [7, 11) is -3.55. The number of benzene rings is 2. The van der Waals surface area contributed by atoms with Crippen LogP contribution in [0.15, 0.2) is 82.8 Å². The van der Waals surface area contributed by atoms with Gasteiger partial charge in [0.25, 0.3) is 0 Å². The van der Waals surface area contributed by atoms with Gasteiger partial charge in [-0.15, -0.1) is 0 Å². The zero-order chi connectivity index (χ0) is 19.0. The lowest BCUT2D eigenvalue weighted by molar-refractivity contribution is 0.471. The summed E-state index contributed by atoms with van der Waals surface area (Å²) in [5.41, 5.74) is 2.59. The smallest absolute Gasteiger partial charge is 0.207 e. The number of hydrogen-bond acceptors (Lipinski definition) is 3. The molecule has 2 aromatic rings. The van der Waals surface area contributed by atoms with Crippen molar-refractivity contribution < 1.29 is 8.42 Å². The number of rotatable bonds is 3. The van der Waals surface area contributed by atoms with Gasteiger partial charge >= 0.3 is 0 Å². The second-order valence-corrected chi connectivity index (χ2v) is 9.10. The first-order valence-electron chi connectivity index (χ1n) is 8.62. The molecule has 2 atom stereocenters. The second kappa shape index (κ2) is 6.97. The molecule has 2 aliphatic rings. The normalized spacial score (nSPS) is 22.5. The fourth-order valence-corrected chi connectivity index (χ4v) is 5.36. The van der Waals surface area contributed by atoms with Crippen LogP contribution in [0.4, 0.5) is 0 Å². The van der Waals surface area contributed by atoms with Gasteiger partial charge in [0.1, 0.15) is 0 Å². The van der Waals surface area contributed by atoms with Crippen molar-refractivity contribution in [3.05, 3.63) is 88.5 Å². The molecular formula is C21H17ClN2O2S. The highest BCUT2D eigenvalue weighted by Gasteiger charge is 2.37. The Kier molecular flexibility index (Phi) is 4.65. The Balaban J connectivity index is 1.67. The van der Waals surface area contributed by atoms with Crippen LogP contribution in [0.5, 0.6) is 0 Å². The first kappa shape index (κ1) is 18.0. The standard InChI is InChI=1S/C21H17ClN2O2S/c22-19-6-4-5-15(10-19)21-11-18-14-24(13-17(18)9-16(21)12-23)27(25,26)20-7-2-1-3-8-20/h1-11,17,21H,13-14H2/t17-,21-/m1/s1. The maximum Gasteiger partial charge on any atom is 0.243 e. The lowest BCUT2D eigenvalue weighted by Crippen LogP contribution is -2.28. The first-order valence-corrected chi connectivity index (χ1v) is 10.4. The van der Waals surface area contributed by atoms with Crippen molar-refractivity contribution in [1.82, 2.24) is 4.31 Å². The van der Waals surface area contributed by atoms with Crippen LogP contribution in [0.1, 0.15) is 11.5 Å². The van der Waals surface area contributed by atoms with Crippen molar-refractivity contribution in [3.63, 3.8) is 0 Å². The average Bonchev–Trinajstić information content (AvgIpc) is 3.11. The molecule has 0 N–H and O–H groups in total.